The Hall–Kier alpha value is -0.610. The fraction of sp³-hybridized carbons (Fsp3) is 0.923. The summed E-state index contributed by atoms with van der Waals surface area (Å²) >= 11 is 0. The van der Waals surface area contributed by atoms with Gasteiger partial charge >= 0.3 is 0 Å². The summed E-state index contributed by atoms with van der Waals surface area (Å²) in [6, 6.07) is 0. The molecule has 0 atom stereocenters. The third-order valence-corrected chi connectivity index (χ3v) is 4.30. The van der Waals surface area contributed by atoms with Crippen LogP contribution in [0.5, 0.6) is 0 Å². The van der Waals surface area contributed by atoms with Gasteiger partial charge in [-0.2, -0.15) is 0 Å². The molecule has 1 saturated carbocycles. The molecule has 2 rings (SSSR count). The number of nitrogens with one attached hydrogen (secondary N) is 1. The minimum absolute atomic E-state index is 0.124. The van der Waals surface area contributed by atoms with Crippen LogP contribution in [0.3, 0.4) is 0 Å². The zero-order chi connectivity index (χ0) is 12.3. The Morgan fingerprint density at radius 3 is 2.53 bits per heavy atom. The molecule has 0 bridgehead atoms. The first kappa shape index (κ1) is 12.8. The predicted molar refractivity (Wildman–Crippen MR) is 68.6 cm³/mol. The molecule has 98 valence electrons. The summed E-state index contributed by atoms with van der Waals surface area (Å²) in [5.41, 5.74) is 6.11. The van der Waals surface area contributed by atoms with E-state index in [2.05, 4.69) is 17.3 Å². The molecular weight excluding hydrogens is 214 g/mol. The SMILES string of the molecule is CN1CCC(C(=O)NCC2(N)CCCC2)CC1. The highest BCUT2D eigenvalue weighted by Gasteiger charge is 2.31. The van der Waals surface area contributed by atoms with Gasteiger partial charge in [-0.1, -0.05) is 12.8 Å². The van der Waals surface area contributed by atoms with Gasteiger partial charge in [-0.25, -0.2) is 0 Å². The maximum atomic E-state index is 12.0. The van der Waals surface area contributed by atoms with E-state index in [1.54, 1.807) is 0 Å². The number of nitrogens with two attached hydrogens (primary N) is 1. The van der Waals surface area contributed by atoms with Crippen LogP contribution >= 0.6 is 0 Å². The molecule has 0 radical (unpaired) electrons. The van der Waals surface area contributed by atoms with E-state index in [4.69, 9.17) is 5.73 Å². The number of rotatable bonds is 3. The average molecular weight is 239 g/mol. The molecule has 1 aliphatic carbocycles. The highest BCUT2D eigenvalue weighted by Crippen LogP contribution is 2.26. The Morgan fingerprint density at radius 2 is 1.94 bits per heavy atom. The molecule has 0 aromatic heterocycles. The van der Waals surface area contributed by atoms with Crippen molar-refractivity contribution in [3.05, 3.63) is 0 Å². The molecule has 17 heavy (non-hydrogen) atoms. The molecule has 3 N–H and O–H groups in total. The summed E-state index contributed by atoms with van der Waals surface area (Å²) in [6.45, 7) is 2.73. The molecular formula is C13H25N3O. The molecule has 2 fully saturated rings. The van der Waals surface area contributed by atoms with Crippen molar-refractivity contribution in [1.82, 2.24) is 10.2 Å². The lowest BCUT2D eigenvalue weighted by atomic mass is 9.95. The third kappa shape index (κ3) is 3.42. The Bertz CT molecular complexity index is 266. The molecule has 1 heterocycles. The largest absolute Gasteiger partial charge is 0.354 e. The molecule has 0 unspecified atom stereocenters. The van der Waals surface area contributed by atoms with E-state index in [9.17, 15) is 4.79 Å². The average Bonchev–Trinajstić information content (AvgIpc) is 2.75. The van der Waals surface area contributed by atoms with E-state index in [1.165, 1.54) is 12.8 Å². The van der Waals surface area contributed by atoms with E-state index in [0.29, 0.717) is 6.54 Å². The number of piperidine rings is 1. The van der Waals surface area contributed by atoms with Gasteiger partial charge in [0.15, 0.2) is 0 Å². The van der Waals surface area contributed by atoms with E-state index in [0.717, 1.165) is 38.8 Å². The number of hydrogen-bond donors (Lipinski definition) is 2. The van der Waals surface area contributed by atoms with E-state index < -0.39 is 0 Å². The van der Waals surface area contributed by atoms with Crippen molar-refractivity contribution >= 4 is 5.91 Å². The summed E-state index contributed by atoms with van der Waals surface area (Å²) in [7, 11) is 2.11. The quantitative estimate of drug-likeness (QED) is 0.763. The second kappa shape index (κ2) is 5.36. The van der Waals surface area contributed by atoms with Crippen molar-refractivity contribution in [2.75, 3.05) is 26.7 Å². The van der Waals surface area contributed by atoms with Crippen LogP contribution in [0.1, 0.15) is 38.5 Å². The van der Waals surface area contributed by atoms with Gasteiger partial charge in [0, 0.05) is 18.0 Å². The monoisotopic (exact) mass is 239 g/mol. The van der Waals surface area contributed by atoms with Gasteiger partial charge in [-0.05, 0) is 45.8 Å². The van der Waals surface area contributed by atoms with E-state index >= 15 is 0 Å². The lowest BCUT2D eigenvalue weighted by molar-refractivity contribution is -0.126. The van der Waals surface area contributed by atoms with Gasteiger partial charge in [0.25, 0.3) is 0 Å². The van der Waals surface area contributed by atoms with Crippen LogP contribution in [-0.2, 0) is 4.79 Å². The van der Waals surface area contributed by atoms with Gasteiger partial charge < -0.3 is 16.0 Å². The maximum Gasteiger partial charge on any atom is 0.223 e. The molecule has 1 amide bonds. The standard InChI is InChI=1S/C13H25N3O/c1-16-8-4-11(5-9-16)12(17)15-10-13(14)6-2-3-7-13/h11H,2-10,14H2,1H3,(H,15,17). The van der Waals surface area contributed by atoms with Crippen molar-refractivity contribution in [2.45, 2.75) is 44.1 Å². The fourth-order valence-corrected chi connectivity index (χ4v) is 2.93. The van der Waals surface area contributed by atoms with Gasteiger partial charge in [-0.15, -0.1) is 0 Å². The zero-order valence-corrected chi connectivity index (χ0v) is 10.9. The summed E-state index contributed by atoms with van der Waals surface area (Å²) < 4.78 is 0. The lowest BCUT2D eigenvalue weighted by Gasteiger charge is -2.30. The number of nitrogens with zero attached hydrogens (tertiary/aromatic N) is 1. The minimum Gasteiger partial charge on any atom is -0.354 e. The van der Waals surface area contributed by atoms with Crippen LogP contribution in [-0.4, -0.2) is 43.0 Å². The van der Waals surface area contributed by atoms with Gasteiger partial charge in [0.05, 0.1) is 0 Å². The highest BCUT2D eigenvalue weighted by atomic mass is 16.1. The van der Waals surface area contributed by atoms with Crippen molar-refractivity contribution in [3.63, 3.8) is 0 Å². The van der Waals surface area contributed by atoms with Crippen LogP contribution < -0.4 is 11.1 Å². The van der Waals surface area contributed by atoms with E-state index in [1.807, 2.05) is 0 Å². The summed E-state index contributed by atoms with van der Waals surface area (Å²) in [5.74, 6) is 0.422. The summed E-state index contributed by atoms with van der Waals surface area (Å²) in [5, 5.41) is 3.07. The molecule has 0 aromatic rings. The lowest BCUT2D eigenvalue weighted by Crippen LogP contribution is -2.50. The molecule has 1 saturated heterocycles. The van der Waals surface area contributed by atoms with Crippen molar-refractivity contribution in [2.24, 2.45) is 11.7 Å². The first-order chi connectivity index (χ1) is 8.09. The summed E-state index contributed by atoms with van der Waals surface area (Å²) in [4.78, 5) is 14.3. The minimum atomic E-state index is -0.124. The third-order valence-electron chi connectivity index (χ3n) is 4.30. The zero-order valence-electron chi connectivity index (χ0n) is 10.9. The molecule has 1 aliphatic heterocycles. The van der Waals surface area contributed by atoms with E-state index in [-0.39, 0.29) is 17.4 Å². The van der Waals surface area contributed by atoms with Crippen LogP contribution in [0.2, 0.25) is 0 Å². The first-order valence-corrected chi connectivity index (χ1v) is 6.84. The van der Waals surface area contributed by atoms with Gasteiger partial charge in [0.2, 0.25) is 5.91 Å². The second-order valence-corrected chi connectivity index (χ2v) is 5.86. The normalized spacial score (nSPS) is 26.0. The number of hydrogen-bond acceptors (Lipinski definition) is 3. The molecule has 4 heteroatoms. The first-order valence-electron chi connectivity index (χ1n) is 6.84. The predicted octanol–water partition coefficient (Wildman–Crippen LogP) is 0.716. The number of amides is 1. The fourth-order valence-electron chi connectivity index (χ4n) is 2.93. The Balaban J connectivity index is 1.73. The molecule has 4 nitrogen and oxygen atoms in total. The van der Waals surface area contributed by atoms with Crippen molar-refractivity contribution in [3.8, 4) is 0 Å². The highest BCUT2D eigenvalue weighted by molar-refractivity contribution is 5.78. The second-order valence-electron chi connectivity index (χ2n) is 5.86. The Labute approximate surface area is 104 Å². The van der Waals surface area contributed by atoms with Crippen LogP contribution in [0.15, 0.2) is 0 Å². The van der Waals surface area contributed by atoms with Crippen molar-refractivity contribution < 1.29 is 4.79 Å². The van der Waals surface area contributed by atoms with Crippen LogP contribution in [0, 0.1) is 5.92 Å². The Morgan fingerprint density at radius 1 is 1.35 bits per heavy atom. The van der Waals surface area contributed by atoms with Gasteiger partial charge in [0.1, 0.15) is 0 Å². The molecule has 2 aliphatic rings. The van der Waals surface area contributed by atoms with Crippen LogP contribution in [0.4, 0.5) is 0 Å². The smallest absolute Gasteiger partial charge is 0.223 e. The molecule has 0 spiro atoms. The number of carbonyl (C=O) groups excluding carboxylic acids is 1. The summed E-state index contributed by atoms with van der Waals surface area (Å²) in [6.07, 6.45) is 6.50. The number of likely N-dealkylation sites (tertiary alicyclic amines) is 1. The Kier molecular flexibility index (Phi) is 4.05. The van der Waals surface area contributed by atoms with Crippen LogP contribution in [0.25, 0.3) is 0 Å². The maximum absolute atomic E-state index is 12.0. The number of carbonyl (C=O) groups is 1. The van der Waals surface area contributed by atoms with Crippen molar-refractivity contribution in [1.29, 1.82) is 0 Å². The topological polar surface area (TPSA) is 58.4 Å². The van der Waals surface area contributed by atoms with Gasteiger partial charge in [-0.3, -0.25) is 4.79 Å². The molecule has 0 aromatic carbocycles.